The van der Waals surface area contributed by atoms with E-state index >= 15 is 0 Å². The van der Waals surface area contributed by atoms with Gasteiger partial charge >= 0.3 is 0 Å². The van der Waals surface area contributed by atoms with Gasteiger partial charge in [0, 0.05) is 20.0 Å². The molecule has 1 aliphatic rings. The normalized spacial score (nSPS) is 17.5. The summed E-state index contributed by atoms with van der Waals surface area (Å²) in [5.41, 5.74) is 1.05. The molecular formula is C16H22N2O4. The van der Waals surface area contributed by atoms with Crippen molar-refractivity contribution in [3.63, 3.8) is 0 Å². The Morgan fingerprint density at radius 2 is 2.05 bits per heavy atom. The van der Waals surface area contributed by atoms with Gasteiger partial charge in [-0.15, -0.1) is 0 Å². The monoisotopic (exact) mass is 306 g/mol. The third-order valence-electron chi connectivity index (χ3n) is 3.96. The summed E-state index contributed by atoms with van der Waals surface area (Å²) in [5.74, 6) is 1.29. The number of benzene rings is 1. The van der Waals surface area contributed by atoms with Crippen LogP contribution in [0.25, 0.3) is 0 Å². The topological polar surface area (TPSA) is 67.9 Å². The van der Waals surface area contributed by atoms with Crippen LogP contribution >= 0.6 is 0 Å². The van der Waals surface area contributed by atoms with Crippen molar-refractivity contribution in [2.45, 2.75) is 25.3 Å². The second-order valence-electron chi connectivity index (χ2n) is 5.29. The number of likely N-dealkylation sites (tertiary alicyclic amines) is 1. The highest BCUT2D eigenvalue weighted by molar-refractivity contribution is 5.90. The van der Waals surface area contributed by atoms with E-state index in [0.717, 1.165) is 5.56 Å². The summed E-state index contributed by atoms with van der Waals surface area (Å²) in [6, 6.07) is 5.35. The predicted octanol–water partition coefficient (Wildman–Crippen LogP) is 0.983. The minimum absolute atomic E-state index is 0.0278. The SMILES string of the molecule is COc1ccc(CCNC(=O)C2CCC(=O)N2C)cc1OC. The van der Waals surface area contributed by atoms with Crippen LogP contribution in [-0.2, 0) is 16.0 Å². The van der Waals surface area contributed by atoms with Crippen LogP contribution in [0.5, 0.6) is 11.5 Å². The standard InChI is InChI=1S/C16H22N2O4/c1-18-12(5-7-15(18)19)16(20)17-9-8-11-4-6-13(21-2)14(10-11)22-3/h4,6,10,12H,5,7-9H2,1-3H3,(H,17,20). The Bertz CT molecular complexity index is 559. The van der Waals surface area contributed by atoms with Gasteiger partial charge in [-0.25, -0.2) is 0 Å². The number of carbonyl (C=O) groups is 2. The molecule has 1 aromatic rings. The van der Waals surface area contributed by atoms with Crippen molar-refractivity contribution >= 4 is 11.8 Å². The van der Waals surface area contributed by atoms with Gasteiger partial charge in [0.2, 0.25) is 11.8 Å². The largest absolute Gasteiger partial charge is 0.493 e. The van der Waals surface area contributed by atoms with Crippen LogP contribution in [0.1, 0.15) is 18.4 Å². The average Bonchev–Trinajstić information content (AvgIpc) is 2.86. The lowest BCUT2D eigenvalue weighted by Gasteiger charge is -2.19. The second kappa shape index (κ2) is 7.15. The van der Waals surface area contributed by atoms with E-state index in [-0.39, 0.29) is 17.9 Å². The summed E-state index contributed by atoms with van der Waals surface area (Å²) < 4.78 is 10.4. The maximum atomic E-state index is 12.1. The summed E-state index contributed by atoms with van der Waals surface area (Å²) in [7, 11) is 4.86. The molecule has 6 nitrogen and oxygen atoms in total. The molecule has 1 N–H and O–H groups in total. The number of ether oxygens (including phenoxy) is 2. The molecule has 22 heavy (non-hydrogen) atoms. The Labute approximate surface area is 130 Å². The second-order valence-corrected chi connectivity index (χ2v) is 5.29. The number of nitrogens with one attached hydrogen (secondary N) is 1. The Balaban J connectivity index is 1.86. The van der Waals surface area contributed by atoms with E-state index in [1.54, 1.807) is 21.3 Å². The molecule has 1 atom stereocenters. The number of rotatable bonds is 6. The first-order valence-corrected chi connectivity index (χ1v) is 7.31. The lowest BCUT2D eigenvalue weighted by Crippen LogP contribution is -2.43. The van der Waals surface area contributed by atoms with Crippen molar-refractivity contribution in [1.29, 1.82) is 0 Å². The van der Waals surface area contributed by atoms with Gasteiger partial charge in [-0.3, -0.25) is 9.59 Å². The molecule has 1 aromatic carbocycles. The maximum absolute atomic E-state index is 12.1. The van der Waals surface area contributed by atoms with Crippen molar-refractivity contribution in [2.24, 2.45) is 0 Å². The first kappa shape index (κ1) is 16.1. The molecule has 0 radical (unpaired) electrons. The van der Waals surface area contributed by atoms with Gasteiger partial charge in [-0.05, 0) is 30.5 Å². The highest BCUT2D eigenvalue weighted by Crippen LogP contribution is 2.27. The minimum Gasteiger partial charge on any atom is -0.493 e. The molecule has 1 aliphatic heterocycles. The van der Waals surface area contributed by atoms with E-state index < -0.39 is 0 Å². The van der Waals surface area contributed by atoms with E-state index in [2.05, 4.69) is 5.32 Å². The van der Waals surface area contributed by atoms with Crippen LogP contribution < -0.4 is 14.8 Å². The van der Waals surface area contributed by atoms with Gasteiger partial charge in [0.1, 0.15) is 6.04 Å². The number of carbonyl (C=O) groups excluding carboxylic acids is 2. The van der Waals surface area contributed by atoms with Crippen molar-refractivity contribution in [3.05, 3.63) is 23.8 Å². The first-order chi connectivity index (χ1) is 10.6. The van der Waals surface area contributed by atoms with E-state index in [1.165, 1.54) is 4.90 Å². The molecule has 6 heteroatoms. The minimum atomic E-state index is -0.335. The molecule has 1 unspecified atom stereocenters. The van der Waals surface area contributed by atoms with E-state index in [4.69, 9.17) is 9.47 Å². The molecule has 0 spiro atoms. The molecule has 0 aliphatic carbocycles. The Morgan fingerprint density at radius 3 is 2.64 bits per heavy atom. The van der Waals surface area contributed by atoms with Crippen molar-refractivity contribution in [1.82, 2.24) is 10.2 Å². The quantitative estimate of drug-likeness (QED) is 0.851. The third-order valence-corrected chi connectivity index (χ3v) is 3.96. The Morgan fingerprint density at radius 1 is 1.32 bits per heavy atom. The predicted molar refractivity (Wildman–Crippen MR) is 82.1 cm³/mol. The summed E-state index contributed by atoms with van der Waals surface area (Å²) in [4.78, 5) is 25.0. The first-order valence-electron chi connectivity index (χ1n) is 7.31. The number of hydrogen-bond acceptors (Lipinski definition) is 4. The summed E-state index contributed by atoms with van der Waals surface area (Å²) >= 11 is 0. The van der Waals surface area contributed by atoms with Crippen LogP contribution in [-0.4, -0.2) is 50.6 Å². The lowest BCUT2D eigenvalue weighted by molar-refractivity contribution is -0.133. The maximum Gasteiger partial charge on any atom is 0.242 e. The molecule has 0 bridgehead atoms. The van der Waals surface area contributed by atoms with Crippen LogP contribution in [0, 0.1) is 0 Å². The van der Waals surface area contributed by atoms with Gasteiger partial charge in [0.25, 0.3) is 0 Å². The van der Waals surface area contributed by atoms with Gasteiger partial charge in [-0.2, -0.15) is 0 Å². The molecular weight excluding hydrogens is 284 g/mol. The number of methoxy groups -OCH3 is 2. The number of hydrogen-bond donors (Lipinski definition) is 1. The van der Waals surface area contributed by atoms with Gasteiger partial charge in [-0.1, -0.05) is 6.07 Å². The Kier molecular flexibility index (Phi) is 5.25. The van der Waals surface area contributed by atoms with Crippen molar-refractivity contribution in [2.75, 3.05) is 27.8 Å². The lowest BCUT2D eigenvalue weighted by atomic mass is 10.1. The number of amides is 2. The number of likely N-dealkylation sites (N-methyl/N-ethyl adjacent to an activating group) is 1. The average molecular weight is 306 g/mol. The highest BCUT2D eigenvalue weighted by atomic mass is 16.5. The molecule has 0 saturated carbocycles. The van der Waals surface area contributed by atoms with Crippen LogP contribution in [0.15, 0.2) is 18.2 Å². The van der Waals surface area contributed by atoms with Gasteiger partial charge in [0.05, 0.1) is 14.2 Å². The molecule has 120 valence electrons. The summed E-state index contributed by atoms with van der Waals surface area (Å²) in [5, 5.41) is 2.89. The fraction of sp³-hybridized carbons (Fsp3) is 0.500. The van der Waals surface area contributed by atoms with E-state index in [0.29, 0.717) is 37.3 Å². The zero-order chi connectivity index (χ0) is 16.1. The van der Waals surface area contributed by atoms with E-state index in [1.807, 2.05) is 18.2 Å². The van der Waals surface area contributed by atoms with Gasteiger partial charge < -0.3 is 19.7 Å². The van der Waals surface area contributed by atoms with Crippen molar-refractivity contribution < 1.29 is 19.1 Å². The smallest absolute Gasteiger partial charge is 0.242 e. The fourth-order valence-electron chi connectivity index (χ4n) is 2.59. The Hall–Kier alpha value is -2.24. The van der Waals surface area contributed by atoms with Crippen LogP contribution in [0.3, 0.4) is 0 Å². The molecule has 2 rings (SSSR count). The highest BCUT2D eigenvalue weighted by Gasteiger charge is 2.32. The molecule has 0 aromatic heterocycles. The van der Waals surface area contributed by atoms with E-state index in [9.17, 15) is 9.59 Å². The van der Waals surface area contributed by atoms with Crippen molar-refractivity contribution in [3.8, 4) is 11.5 Å². The zero-order valence-corrected chi connectivity index (χ0v) is 13.2. The molecule has 2 amide bonds. The van der Waals surface area contributed by atoms with Gasteiger partial charge in [0.15, 0.2) is 11.5 Å². The third kappa shape index (κ3) is 3.50. The fourth-order valence-corrected chi connectivity index (χ4v) is 2.59. The molecule has 1 saturated heterocycles. The zero-order valence-electron chi connectivity index (χ0n) is 13.2. The van der Waals surface area contributed by atoms with Crippen LogP contribution in [0.4, 0.5) is 0 Å². The molecule has 1 fully saturated rings. The molecule has 1 heterocycles. The number of nitrogens with zero attached hydrogens (tertiary/aromatic N) is 1. The summed E-state index contributed by atoms with van der Waals surface area (Å²) in [6.07, 6.45) is 1.73. The van der Waals surface area contributed by atoms with Crippen LogP contribution in [0.2, 0.25) is 0 Å². The summed E-state index contributed by atoms with van der Waals surface area (Å²) in [6.45, 7) is 0.521.